The third-order valence-corrected chi connectivity index (χ3v) is 10.7. The number of hydrogen-bond acceptors (Lipinski definition) is 10. The van der Waals surface area contributed by atoms with Crippen LogP contribution < -0.4 is 26.1 Å². The number of aliphatic carboxylic acids is 1. The number of amides is 7. The number of benzene rings is 1. The molecule has 16 nitrogen and oxygen atoms in total. The van der Waals surface area contributed by atoms with Crippen molar-refractivity contribution in [3.8, 4) is 0 Å². The van der Waals surface area contributed by atoms with E-state index in [9.17, 15) is 38.7 Å². The minimum Gasteiger partial charge on any atom is -0.477 e. The number of piperazine rings is 1. The van der Waals surface area contributed by atoms with Crippen molar-refractivity contribution in [1.82, 2.24) is 30.7 Å². The van der Waals surface area contributed by atoms with Gasteiger partial charge in [0.1, 0.15) is 17.1 Å². The van der Waals surface area contributed by atoms with Gasteiger partial charge in [0.05, 0.1) is 6.54 Å². The molecular weight excluding hydrogens is 689 g/mol. The summed E-state index contributed by atoms with van der Waals surface area (Å²) in [5.74, 6) is -4.64. The van der Waals surface area contributed by atoms with E-state index in [1.54, 1.807) is 48.3 Å². The molecule has 1 aromatic heterocycles. The molecule has 18 heteroatoms. The fraction of sp³-hybridized carbons (Fsp3) is 0.312. The first kappa shape index (κ1) is 35.9. The highest BCUT2D eigenvalue weighted by Gasteiger charge is 2.66. The molecule has 0 bridgehead atoms. The maximum absolute atomic E-state index is 13.9. The highest BCUT2D eigenvalue weighted by Crippen LogP contribution is 2.46. The summed E-state index contributed by atoms with van der Waals surface area (Å²) in [5.41, 5.74) is 1.55. The molecule has 2 saturated heterocycles. The second-order valence-electron chi connectivity index (χ2n) is 11.2. The number of aromatic nitrogens is 1. The van der Waals surface area contributed by atoms with E-state index in [0.29, 0.717) is 17.0 Å². The molecule has 0 aliphatic carbocycles. The molecule has 7 amide bonds. The molecule has 50 heavy (non-hydrogen) atoms. The average Bonchev–Trinajstić information content (AvgIpc) is 3.12. The maximum atomic E-state index is 13.9. The highest BCUT2D eigenvalue weighted by atomic mass is 32.2. The van der Waals surface area contributed by atoms with Crippen LogP contribution in [-0.2, 0) is 28.8 Å². The summed E-state index contributed by atoms with van der Waals surface area (Å²) in [4.78, 5) is 94.5. The van der Waals surface area contributed by atoms with Gasteiger partial charge < -0.3 is 26.0 Å². The van der Waals surface area contributed by atoms with Crippen molar-refractivity contribution < 1.29 is 43.3 Å². The lowest BCUT2D eigenvalue weighted by Crippen LogP contribution is -2.85. The van der Waals surface area contributed by atoms with Crippen molar-refractivity contribution in [1.29, 1.82) is 0 Å². The maximum Gasteiger partial charge on any atom is 0.352 e. The molecule has 262 valence electrons. The monoisotopic (exact) mass is 723 g/mol. The van der Waals surface area contributed by atoms with E-state index < -0.39 is 52.7 Å². The van der Waals surface area contributed by atoms with E-state index in [-0.39, 0.29) is 48.8 Å². The van der Waals surface area contributed by atoms with Crippen molar-refractivity contribution in [2.45, 2.75) is 28.9 Å². The van der Waals surface area contributed by atoms with E-state index >= 15 is 0 Å². The van der Waals surface area contributed by atoms with Crippen LogP contribution in [0.1, 0.15) is 18.5 Å². The fourth-order valence-corrected chi connectivity index (χ4v) is 8.10. The first-order valence-electron chi connectivity index (χ1n) is 15.4. The van der Waals surface area contributed by atoms with Crippen molar-refractivity contribution in [2.24, 2.45) is 0 Å². The van der Waals surface area contributed by atoms with Crippen molar-refractivity contribution in [3.63, 3.8) is 0 Å². The molecule has 5 rings (SSSR count). The number of fused-ring (bicyclic) bond motifs is 1. The van der Waals surface area contributed by atoms with Crippen LogP contribution in [0.2, 0.25) is 0 Å². The number of carboxylic acids is 1. The van der Waals surface area contributed by atoms with E-state index in [0.717, 1.165) is 21.6 Å². The number of carbonyl (C=O) groups excluding carboxylic acids is 6. The topological polar surface area (TPSA) is 201 Å². The van der Waals surface area contributed by atoms with Gasteiger partial charge in [0, 0.05) is 48.2 Å². The molecule has 5 N–H and O–H groups in total. The number of hydrogen-bond donors (Lipinski definition) is 5. The number of imide groups is 1. The molecule has 1 aromatic carbocycles. The summed E-state index contributed by atoms with van der Waals surface area (Å²) in [6.07, 6.45) is 5.55. The number of β-lactam (4-membered cyclic amide) rings is 1. The molecule has 3 aliphatic rings. The quantitative estimate of drug-likeness (QED) is 0.0328. The second kappa shape index (κ2) is 15.5. The van der Waals surface area contributed by atoms with Crippen LogP contribution in [0.25, 0.3) is 0 Å². The predicted molar refractivity (Wildman–Crippen MR) is 181 cm³/mol. The molecule has 2 aromatic rings. The minimum absolute atomic E-state index is 0.0989. The number of pyridine rings is 1. The standard InChI is InChI=1S/C32H34N8O8S2/c1-3-12-34-38-13-10-22(11-14-38)49-17-21-18-50-30-32(33-19-41,29(47)40(30)24(21)28(45)46)36-25(42)23(20-8-6-5-7-9-20)35-31(48)39-16-15-37(4-2)26(43)27(39)44/h3,5-11,13-14,19,23,30,34H,1,4,12,15-18H2,2H3,(H3-,33,35,36,41,42,45,46,48)/p+1/t23-,30-,32-/m1/s1. The van der Waals surface area contributed by atoms with E-state index in [4.69, 9.17) is 0 Å². The largest absolute Gasteiger partial charge is 0.477 e. The number of urea groups is 1. The zero-order valence-corrected chi connectivity index (χ0v) is 28.5. The number of likely N-dealkylation sites (N-methyl/N-ethyl adjacent to an activating group) is 1. The van der Waals surface area contributed by atoms with Crippen LogP contribution >= 0.6 is 23.5 Å². The third-order valence-electron chi connectivity index (χ3n) is 8.19. The van der Waals surface area contributed by atoms with Gasteiger partial charge in [0.15, 0.2) is 0 Å². The van der Waals surface area contributed by atoms with Gasteiger partial charge in [0.2, 0.25) is 30.4 Å². The van der Waals surface area contributed by atoms with Gasteiger partial charge in [-0.3, -0.25) is 33.8 Å². The van der Waals surface area contributed by atoms with Crippen LogP contribution in [-0.4, -0.2) is 111 Å². The summed E-state index contributed by atoms with van der Waals surface area (Å²) in [5, 5.41) is 16.6. The van der Waals surface area contributed by atoms with Crippen molar-refractivity contribution >= 4 is 65.6 Å². The Morgan fingerprint density at radius 2 is 1.84 bits per heavy atom. The normalized spacial score (nSPS) is 20.7. The predicted octanol–water partition coefficient (Wildman–Crippen LogP) is -0.250. The summed E-state index contributed by atoms with van der Waals surface area (Å²) in [6, 6.07) is 9.20. The second-order valence-corrected chi connectivity index (χ2v) is 13.3. The lowest BCUT2D eigenvalue weighted by atomic mass is 9.94. The van der Waals surface area contributed by atoms with Gasteiger partial charge in [-0.05, 0) is 18.1 Å². The molecule has 3 aliphatic heterocycles. The highest BCUT2D eigenvalue weighted by molar-refractivity contribution is 8.01. The number of nitrogens with zero attached hydrogens (tertiary/aromatic N) is 4. The zero-order chi connectivity index (χ0) is 36.0. The van der Waals surface area contributed by atoms with Crippen LogP contribution in [0.3, 0.4) is 0 Å². The molecule has 4 heterocycles. The van der Waals surface area contributed by atoms with Crippen LogP contribution in [0.4, 0.5) is 4.79 Å². The first-order valence-corrected chi connectivity index (χ1v) is 17.5. The third kappa shape index (κ3) is 7.02. The number of carboxylic acid groups (broad SMARTS) is 1. The van der Waals surface area contributed by atoms with E-state index in [1.165, 1.54) is 28.8 Å². The Labute approximate surface area is 295 Å². The van der Waals surface area contributed by atoms with Gasteiger partial charge in [-0.2, -0.15) is 5.43 Å². The summed E-state index contributed by atoms with van der Waals surface area (Å²) >= 11 is 2.54. The Kier molecular flexibility index (Phi) is 11.1. The fourth-order valence-electron chi connectivity index (χ4n) is 5.65. The van der Waals surface area contributed by atoms with E-state index in [2.05, 4.69) is 28.0 Å². The Morgan fingerprint density at radius 3 is 2.48 bits per heavy atom. The number of nitrogens with one attached hydrogen (secondary N) is 4. The number of thioether (sulfide) groups is 2. The zero-order valence-electron chi connectivity index (χ0n) is 26.9. The molecule has 0 spiro atoms. The minimum atomic E-state index is -2.05. The van der Waals surface area contributed by atoms with Crippen molar-refractivity contribution in [3.05, 3.63) is 84.3 Å². The Balaban J connectivity index is 1.35. The SMILES string of the molecule is C=CCN[n+]1ccc(SCC2=C(C(=O)O)N3C(=O)[C@@](NC=O)(NC(=O)[C@H](NC(=O)N4CCN(CC)C(=O)C4=O)c4ccccc4)[C@H]3SC2)cc1. The lowest BCUT2D eigenvalue weighted by molar-refractivity contribution is -0.649. The smallest absolute Gasteiger partial charge is 0.352 e. The van der Waals surface area contributed by atoms with Gasteiger partial charge in [-0.15, -0.1) is 30.1 Å². The summed E-state index contributed by atoms with van der Waals surface area (Å²) in [7, 11) is 0. The number of carbonyl (C=O) groups is 7. The molecule has 3 atom stereocenters. The van der Waals surface area contributed by atoms with Gasteiger partial charge >= 0.3 is 23.8 Å². The Hall–Kier alpha value is -5.36. The molecule has 0 radical (unpaired) electrons. The molecule has 2 fully saturated rings. The molecule has 0 saturated carbocycles. The summed E-state index contributed by atoms with van der Waals surface area (Å²) in [6.45, 7) is 6.23. The summed E-state index contributed by atoms with van der Waals surface area (Å²) < 4.78 is 1.75. The first-order chi connectivity index (χ1) is 24.1. The van der Waals surface area contributed by atoms with Crippen LogP contribution in [0, 0.1) is 0 Å². The number of rotatable bonds is 14. The molecular formula is C32H35N8O8S2+. The van der Waals surface area contributed by atoms with Crippen LogP contribution in [0.15, 0.2) is 83.7 Å². The molecule has 0 unspecified atom stereocenters. The van der Waals surface area contributed by atoms with Crippen LogP contribution in [0.5, 0.6) is 0 Å². The van der Waals surface area contributed by atoms with Gasteiger partial charge in [0.25, 0.3) is 5.91 Å². The van der Waals surface area contributed by atoms with E-state index in [1.807, 2.05) is 12.1 Å². The van der Waals surface area contributed by atoms with Gasteiger partial charge in [-0.1, -0.05) is 41.1 Å². The Morgan fingerprint density at radius 1 is 1.12 bits per heavy atom. The van der Waals surface area contributed by atoms with Crippen molar-refractivity contribution in [2.75, 3.05) is 43.1 Å². The average molecular weight is 724 g/mol. The van der Waals surface area contributed by atoms with Gasteiger partial charge in [-0.25, -0.2) is 9.59 Å². The Bertz CT molecular complexity index is 1740. The lowest BCUT2D eigenvalue weighted by Gasteiger charge is -2.56.